The Balaban J connectivity index is 1.51. The summed E-state index contributed by atoms with van der Waals surface area (Å²) >= 11 is 1.38. The Bertz CT molecular complexity index is 1120. The average molecular weight is 536 g/mol. The lowest BCUT2D eigenvalue weighted by atomic mass is 10.1. The Morgan fingerprint density at radius 3 is 2.56 bits per heavy atom. The van der Waals surface area contributed by atoms with Gasteiger partial charge in [-0.25, -0.2) is 8.42 Å². The molecule has 0 atom stereocenters. The molecule has 4 rings (SSSR count). The summed E-state index contributed by atoms with van der Waals surface area (Å²) in [4.78, 5) is 12.9. The predicted molar refractivity (Wildman–Crippen MR) is 140 cm³/mol. The van der Waals surface area contributed by atoms with E-state index in [2.05, 4.69) is 29.4 Å². The SMILES string of the molecule is CC(C)Cn1c(SCC(=O)NC2CCCCCC2)nnc1-c1cccc(S(=O)(=O)N2CCOCC2)c1. The fourth-order valence-electron chi connectivity index (χ4n) is 4.69. The zero-order valence-electron chi connectivity index (χ0n) is 21.2. The second kappa shape index (κ2) is 12.5. The third-order valence-electron chi connectivity index (χ3n) is 6.52. The number of ether oxygens (including phenoxy) is 1. The molecule has 9 nitrogen and oxygen atoms in total. The molecule has 1 amide bonds. The third kappa shape index (κ3) is 6.87. The smallest absolute Gasteiger partial charge is 0.243 e. The minimum absolute atomic E-state index is 0.0196. The van der Waals surface area contributed by atoms with Crippen LogP contribution in [0.1, 0.15) is 52.4 Å². The van der Waals surface area contributed by atoms with Gasteiger partial charge in [-0.05, 0) is 30.9 Å². The normalized spacial score (nSPS) is 18.3. The molecule has 0 bridgehead atoms. The molecular formula is C25H37N5O4S2. The highest BCUT2D eigenvalue weighted by molar-refractivity contribution is 7.99. The molecule has 1 aliphatic heterocycles. The van der Waals surface area contributed by atoms with Crippen molar-refractivity contribution in [2.75, 3.05) is 32.1 Å². The van der Waals surface area contributed by atoms with E-state index in [1.807, 2.05) is 10.6 Å². The number of sulfonamides is 1. The standard InChI is InChI=1S/C25H37N5O4S2/c1-19(2)17-30-24(20-8-7-11-22(16-20)36(32,33)29-12-14-34-15-13-29)27-28-25(30)35-18-23(31)26-21-9-5-3-4-6-10-21/h7-8,11,16,19,21H,3-6,9-10,12-15,17-18H2,1-2H3,(H,26,31). The van der Waals surface area contributed by atoms with Crippen LogP contribution >= 0.6 is 11.8 Å². The zero-order valence-corrected chi connectivity index (χ0v) is 22.8. The largest absolute Gasteiger partial charge is 0.379 e. The summed E-state index contributed by atoms with van der Waals surface area (Å²) in [5, 5.41) is 12.6. The van der Waals surface area contributed by atoms with E-state index in [0.29, 0.717) is 55.3 Å². The molecular weight excluding hydrogens is 498 g/mol. The van der Waals surface area contributed by atoms with Crippen LogP contribution in [0.4, 0.5) is 0 Å². The summed E-state index contributed by atoms with van der Waals surface area (Å²) in [7, 11) is -3.62. The van der Waals surface area contributed by atoms with Gasteiger partial charge in [-0.1, -0.05) is 63.4 Å². The van der Waals surface area contributed by atoms with Crippen LogP contribution in [0.2, 0.25) is 0 Å². The van der Waals surface area contributed by atoms with E-state index in [1.165, 1.54) is 41.8 Å². The molecule has 0 radical (unpaired) electrons. The van der Waals surface area contributed by atoms with Crippen molar-refractivity contribution < 1.29 is 17.9 Å². The number of nitrogens with one attached hydrogen (secondary N) is 1. The molecule has 2 aromatic rings. The minimum Gasteiger partial charge on any atom is -0.379 e. The summed E-state index contributed by atoms with van der Waals surface area (Å²) < 4.78 is 35.1. The maximum atomic E-state index is 13.2. The van der Waals surface area contributed by atoms with Gasteiger partial charge >= 0.3 is 0 Å². The van der Waals surface area contributed by atoms with Crippen LogP contribution in [0.15, 0.2) is 34.3 Å². The van der Waals surface area contributed by atoms with Gasteiger partial charge in [-0.2, -0.15) is 4.31 Å². The van der Waals surface area contributed by atoms with E-state index in [9.17, 15) is 13.2 Å². The highest BCUT2D eigenvalue weighted by Crippen LogP contribution is 2.28. The molecule has 1 N–H and O–H groups in total. The lowest BCUT2D eigenvalue weighted by Crippen LogP contribution is -2.40. The molecule has 0 spiro atoms. The minimum atomic E-state index is -3.62. The van der Waals surface area contributed by atoms with E-state index >= 15 is 0 Å². The van der Waals surface area contributed by atoms with Gasteiger partial charge in [-0.15, -0.1) is 10.2 Å². The quantitative estimate of drug-likeness (QED) is 0.387. The number of hydrogen-bond acceptors (Lipinski definition) is 7. The van der Waals surface area contributed by atoms with E-state index in [1.54, 1.807) is 18.2 Å². The van der Waals surface area contributed by atoms with E-state index in [4.69, 9.17) is 4.74 Å². The molecule has 1 aromatic heterocycles. The van der Waals surface area contributed by atoms with Gasteiger partial charge in [0.25, 0.3) is 0 Å². The first-order valence-corrected chi connectivity index (χ1v) is 15.3. The Hall–Kier alpha value is -1.95. The fraction of sp³-hybridized carbons (Fsp3) is 0.640. The number of morpholine rings is 1. The molecule has 2 fully saturated rings. The molecule has 36 heavy (non-hydrogen) atoms. The molecule has 2 aliphatic rings. The topological polar surface area (TPSA) is 106 Å². The second-order valence-corrected chi connectivity index (χ2v) is 12.8. The lowest BCUT2D eigenvalue weighted by molar-refractivity contribution is -0.119. The van der Waals surface area contributed by atoms with Crippen molar-refractivity contribution in [2.45, 2.75) is 75.0 Å². The Morgan fingerprint density at radius 1 is 1.14 bits per heavy atom. The fourth-order valence-corrected chi connectivity index (χ4v) is 6.91. The molecule has 1 aromatic carbocycles. The second-order valence-electron chi connectivity index (χ2n) is 9.90. The Morgan fingerprint density at radius 2 is 1.86 bits per heavy atom. The third-order valence-corrected chi connectivity index (χ3v) is 9.38. The number of nitrogens with zero attached hydrogens (tertiary/aromatic N) is 4. The summed E-state index contributed by atoms with van der Waals surface area (Å²) in [5.41, 5.74) is 0.687. The van der Waals surface area contributed by atoms with Crippen LogP contribution in [-0.4, -0.2) is 71.5 Å². The highest BCUT2D eigenvalue weighted by Gasteiger charge is 2.27. The number of rotatable bonds is 9. The van der Waals surface area contributed by atoms with Crippen LogP contribution in [0.25, 0.3) is 11.4 Å². The summed E-state index contributed by atoms with van der Waals surface area (Å²) in [6, 6.07) is 7.14. The first-order valence-electron chi connectivity index (χ1n) is 12.9. The summed E-state index contributed by atoms with van der Waals surface area (Å²) in [6.07, 6.45) is 6.94. The van der Waals surface area contributed by atoms with Gasteiger partial charge in [0.15, 0.2) is 11.0 Å². The number of thioether (sulfide) groups is 1. The molecule has 1 aliphatic carbocycles. The highest BCUT2D eigenvalue weighted by atomic mass is 32.2. The Labute approximate surface area is 218 Å². The van der Waals surface area contributed by atoms with Gasteiger partial charge in [0, 0.05) is 31.2 Å². The average Bonchev–Trinajstić information content (AvgIpc) is 3.08. The number of amides is 1. The number of carbonyl (C=O) groups excluding carboxylic acids is 1. The van der Waals surface area contributed by atoms with Crippen molar-refractivity contribution in [3.63, 3.8) is 0 Å². The molecule has 1 saturated carbocycles. The van der Waals surface area contributed by atoms with Crippen LogP contribution in [-0.2, 0) is 26.1 Å². The van der Waals surface area contributed by atoms with Crippen molar-refractivity contribution in [3.8, 4) is 11.4 Å². The molecule has 1 saturated heterocycles. The monoisotopic (exact) mass is 535 g/mol. The summed E-state index contributed by atoms with van der Waals surface area (Å²) in [5.74, 6) is 1.22. The molecule has 11 heteroatoms. The van der Waals surface area contributed by atoms with Crippen molar-refractivity contribution in [2.24, 2.45) is 5.92 Å². The van der Waals surface area contributed by atoms with Crippen molar-refractivity contribution in [1.82, 2.24) is 24.4 Å². The number of hydrogen-bond donors (Lipinski definition) is 1. The van der Waals surface area contributed by atoms with Gasteiger partial charge < -0.3 is 14.6 Å². The van der Waals surface area contributed by atoms with Crippen molar-refractivity contribution >= 4 is 27.7 Å². The van der Waals surface area contributed by atoms with Crippen LogP contribution in [0, 0.1) is 5.92 Å². The summed E-state index contributed by atoms with van der Waals surface area (Å²) in [6.45, 7) is 6.37. The number of carbonyl (C=O) groups is 1. The van der Waals surface area contributed by atoms with E-state index in [-0.39, 0.29) is 22.6 Å². The maximum Gasteiger partial charge on any atom is 0.243 e. The van der Waals surface area contributed by atoms with Gasteiger partial charge in [0.1, 0.15) is 0 Å². The predicted octanol–water partition coefficient (Wildman–Crippen LogP) is 3.55. The number of aromatic nitrogens is 3. The first-order chi connectivity index (χ1) is 17.3. The van der Waals surface area contributed by atoms with Crippen molar-refractivity contribution in [1.29, 1.82) is 0 Å². The van der Waals surface area contributed by atoms with E-state index in [0.717, 1.165) is 12.8 Å². The zero-order chi connectivity index (χ0) is 25.5. The lowest BCUT2D eigenvalue weighted by Gasteiger charge is -2.26. The first kappa shape index (κ1) is 27.1. The molecule has 198 valence electrons. The molecule has 2 heterocycles. The van der Waals surface area contributed by atoms with Gasteiger partial charge in [0.2, 0.25) is 15.9 Å². The molecule has 0 unspecified atom stereocenters. The van der Waals surface area contributed by atoms with Crippen LogP contribution < -0.4 is 5.32 Å². The number of benzene rings is 1. The van der Waals surface area contributed by atoms with Crippen LogP contribution in [0.5, 0.6) is 0 Å². The van der Waals surface area contributed by atoms with Gasteiger partial charge in [0.05, 0.1) is 23.9 Å². The van der Waals surface area contributed by atoms with E-state index < -0.39 is 10.0 Å². The maximum absolute atomic E-state index is 13.2. The van der Waals surface area contributed by atoms with Crippen LogP contribution in [0.3, 0.4) is 0 Å². The Kier molecular flexibility index (Phi) is 9.43. The van der Waals surface area contributed by atoms with Crippen molar-refractivity contribution in [3.05, 3.63) is 24.3 Å². The van der Waals surface area contributed by atoms with Gasteiger partial charge in [-0.3, -0.25) is 4.79 Å².